The highest BCUT2D eigenvalue weighted by atomic mass is 79.9. The average Bonchev–Trinajstić information content (AvgIpc) is 2.85. The lowest BCUT2D eigenvalue weighted by Crippen LogP contribution is -2.36. The van der Waals surface area contributed by atoms with Gasteiger partial charge in [0.2, 0.25) is 0 Å². The number of benzene rings is 3. The van der Waals surface area contributed by atoms with Crippen molar-refractivity contribution in [2.75, 3.05) is 5.32 Å². The molecule has 0 fully saturated rings. The number of halogens is 1. The molecule has 1 aliphatic rings. The molecule has 0 radical (unpaired) electrons. The van der Waals surface area contributed by atoms with Crippen molar-refractivity contribution in [3.05, 3.63) is 76.3 Å². The summed E-state index contributed by atoms with van der Waals surface area (Å²) < 4.78 is 0.735. The first kappa shape index (κ1) is 16.0. The maximum atomic E-state index is 12.7. The molecule has 4 nitrogen and oxygen atoms in total. The number of carbonyl (C=O) groups excluding carboxylic acids is 2. The lowest BCUT2D eigenvalue weighted by Gasteiger charge is -2.20. The fourth-order valence-corrected chi connectivity index (χ4v) is 3.55. The van der Waals surface area contributed by atoms with E-state index < -0.39 is 11.5 Å². The van der Waals surface area contributed by atoms with Gasteiger partial charge in [-0.05, 0) is 35.0 Å². The highest BCUT2D eigenvalue weighted by Gasteiger charge is 2.46. The number of hydrogen-bond acceptors (Lipinski definition) is 3. The van der Waals surface area contributed by atoms with Crippen LogP contribution in [0.5, 0.6) is 0 Å². The molecule has 0 aliphatic carbocycles. The van der Waals surface area contributed by atoms with Gasteiger partial charge in [0.25, 0.3) is 5.91 Å². The Balaban J connectivity index is 1.70. The first-order chi connectivity index (χ1) is 12.0. The Labute approximate surface area is 152 Å². The monoisotopic (exact) mass is 395 g/mol. The van der Waals surface area contributed by atoms with E-state index in [1.807, 2.05) is 30.3 Å². The number of fused-ring (bicyclic) bond motifs is 2. The van der Waals surface area contributed by atoms with E-state index in [2.05, 4.69) is 21.2 Å². The minimum Gasteiger partial charge on any atom is -0.375 e. The molecular weight excluding hydrogens is 382 g/mol. The third kappa shape index (κ3) is 2.65. The molecule has 0 aromatic heterocycles. The second-order valence-corrected chi connectivity index (χ2v) is 7.08. The summed E-state index contributed by atoms with van der Waals surface area (Å²) in [4.78, 5) is 25.1. The summed E-state index contributed by atoms with van der Waals surface area (Å²) in [6, 6.07) is 18.3. The normalized spacial score (nSPS) is 18.9. The summed E-state index contributed by atoms with van der Waals surface area (Å²) in [5.41, 5.74) is -0.437. The molecule has 2 N–H and O–H groups in total. The quantitative estimate of drug-likeness (QED) is 0.658. The largest absolute Gasteiger partial charge is 0.375 e. The topological polar surface area (TPSA) is 66.4 Å². The number of carbonyl (C=O) groups is 2. The first-order valence-electron chi connectivity index (χ1n) is 7.83. The fraction of sp³-hybridized carbons (Fsp3) is 0.100. The Morgan fingerprint density at radius 2 is 1.80 bits per heavy atom. The van der Waals surface area contributed by atoms with Crippen LogP contribution in [-0.4, -0.2) is 16.8 Å². The lowest BCUT2D eigenvalue weighted by atomic mass is 9.88. The zero-order chi connectivity index (χ0) is 17.6. The van der Waals surface area contributed by atoms with Crippen LogP contribution in [0.4, 0.5) is 5.69 Å². The van der Waals surface area contributed by atoms with Crippen LogP contribution < -0.4 is 5.32 Å². The molecule has 0 bridgehead atoms. The van der Waals surface area contributed by atoms with Gasteiger partial charge in [-0.3, -0.25) is 9.59 Å². The van der Waals surface area contributed by atoms with Crippen molar-refractivity contribution in [2.45, 2.75) is 12.0 Å². The molecule has 5 heteroatoms. The molecule has 1 amide bonds. The zero-order valence-corrected chi connectivity index (χ0v) is 14.7. The number of rotatable bonds is 3. The summed E-state index contributed by atoms with van der Waals surface area (Å²) in [5.74, 6) is -0.856. The molecule has 0 saturated carbocycles. The van der Waals surface area contributed by atoms with Crippen molar-refractivity contribution in [1.82, 2.24) is 0 Å². The number of anilines is 1. The van der Waals surface area contributed by atoms with Crippen molar-refractivity contribution in [2.24, 2.45) is 0 Å². The number of aliphatic hydroxyl groups is 1. The van der Waals surface area contributed by atoms with Gasteiger partial charge in [-0.15, -0.1) is 0 Å². The number of amides is 1. The van der Waals surface area contributed by atoms with Gasteiger partial charge < -0.3 is 10.4 Å². The minimum atomic E-state index is -1.86. The smallest absolute Gasteiger partial charge is 0.261 e. The number of Topliss-reactive ketones (excluding diaryl/α,β-unsaturated/α-hetero) is 1. The van der Waals surface area contributed by atoms with E-state index in [1.54, 1.807) is 30.3 Å². The Kier molecular flexibility index (Phi) is 3.71. The third-order valence-electron chi connectivity index (χ3n) is 4.54. The van der Waals surface area contributed by atoms with E-state index in [4.69, 9.17) is 0 Å². The van der Waals surface area contributed by atoms with Gasteiger partial charge in [-0.2, -0.15) is 0 Å². The summed E-state index contributed by atoms with van der Waals surface area (Å²) in [5, 5.41) is 15.5. The first-order valence-corrected chi connectivity index (χ1v) is 8.62. The Morgan fingerprint density at radius 3 is 2.60 bits per heavy atom. The molecule has 124 valence electrons. The molecule has 0 saturated heterocycles. The second kappa shape index (κ2) is 5.79. The summed E-state index contributed by atoms with van der Waals surface area (Å²) in [7, 11) is 0. The van der Waals surface area contributed by atoms with E-state index in [1.165, 1.54) is 0 Å². The fourth-order valence-electron chi connectivity index (χ4n) is 3.19. The SMILES string of the molecule is O=C(C[C@]1(O)C(=O)Nc2ccc(Br)cc21)c1ccc2ccccc2c1. The molecule has 4 rings (SSSR count). The molecule has 1 atom stereocenters. The van der Waals surface area contributed by atoms with Gasteiger partial charge in [0, 0.05) is 21.3 Å². The lowest BCUT2D eigenvalue weighted by molar-refractivity contribution is -0.133. The second-order valence-electron chi connectivity index (χ2n) is 6.17. The molecule has 25 heavy (non-hydrogen) atoms. The van der Waals surface area contributed by atoms with Crippen molar-refractivity contribution < 1.29 is 14.7 Å². The van der Waals surface area contributed by atoms with Gasteiger partial charge in [0.15, 0.2) is 11.4 Å². The Hall–Kier alpha value is -2.50. The predicted molar refractivity (Wildman–Crippen MR) is 99.6 cm³/mol. The Morgan fingerprint density at radius 1 is 1.04 bits per heavy atom. The van der Waals surface area contributed by atoms with Crippen molar-refractivity contribution in [3.8, 4) is 0 Å². The Bertz CT molecular complexity index is 1030. The number of hydrogen-bond donors (Lipinski definition) is 2. The standard InChI is InChI=1S/C20H14BrNO3/c21-15-7-8-17-16(10-15)20(25,19(24)22-17)11-18(23)14-6-5-12-3-1-2-4-13(12)9-14/h1-10,25H,11H2,(H,22,24)/t20-/m1/s1. The van der Waals surface area contributed by atoms with Crippen LogP contribution in [0.2, 0.25) is 0 Å². The van der Waals surface area contributed by atoms with E-state index in [0.29, 0.717) is 16.8 Å². The van der Waals surface area contributed by atoms with E-state index in [9.17, 15) is 14.7 Å². The van der Waals surface area contributed by atoms with Crippen LogP contribution in [0, 0.1) is 0 Å². The van der Waals surface area contributed by atoms with Gasteiger partial charge in [0.1, 0.15) is 0 Å². The van der Waals surface area contributed by atoms with Crippen molar-refractivity contribution in [3.63, 3.8) is 0 Å². The molecule has 1 heterocycles. The van der Waals surface area contributed by atoms with Crippen LogP contribution in [0.3, 0.4) is 0 Å². The van der Waals surface area contributed by atoms with Crippen LogP contribution >= 0.6 is 15.9 Å². The molecule has 0 spiro atoms. The van der Waals surface area contributed by atoms with Gasteiger partial charge in [0.05, 0.1) is 6.42 Å². The van der Waals surface area contributed by atoms with E-state index in [0.717, 1.165) is 15.2 Å². The summed E-state index contributed by atoms with van der Waals surface area (Å²) in [6.45, 7) is 0. The van der Waals surface area contributed by atoms with Gasteiger partial charge in [-0.25, -0.2) is 0 Å². The van der Waals surface area contributed by atoms with Crippen LogP contribution in [-0.2, 0) is 10.4 Å². The molecule has 3 aromatic rings. The molecule has 3 aromatic carbocycles. The van der Waals surface area contributed by atoms with Crippen LogP contribution in [0.25, 0.3) is 10.8 Å². The highest BCUT2D eigenvalue weighted by Crippen LogP contribution is 2.40. The van der Waals surface area contributed by atoms with Crippen LogP contribution in [0.1, 0.15) is 22.3 Å². The van der Waals surface area contributed by atoms with Crippen molar-refractivity contribution >= 4 is 44.1 Å². The predicted octanol–water partition coefficient (Wildman–Crippen LogP) is 4.02. The highest BCUT2D eigenvalue weighted by molar-refractivity contribution is 9.10. The molecular formula is C20H14BrNO3. The van der Waals surface area contributed by atoms with E-state index in [-0.39, 0.29) is 12.2 Å². The summed E-state index contributed by atoms with van der Waals surface area (Å²) in [6.07, 6.45) is -0.305. The molecule has 1 aliphatic heterocycles. The van der Waals surface area contributed by atoms with Crippen molar-refractivity contribution in [1.29, 1.82) is 0 Å². The number of ketones is 1. The summed E-state index contributed by atoms with van der Waals surface area (Å²) >= 11 is 3.34. The zero-order valence-electron chi connectivity index (χ0n) is 13.1. The van der Waals surface area contributed by atoms with Gasteiger partial charge in [-0.1, -0.05) is 52.3 Å². The maximum Gasteiger partial charge on any atom is 0.261 e. The molecule has 0 unspecified atom stereocenters. The minimum absolute atomic E-state index is 0.281. The van der Waals surface area contributed by atoms with E-state index >= 15 is 0 Å². The average molecular weight is 396 g/mol. The van der Waals surface area contributed by atoms with Crippen LogP contribution in [0.15, 0.2) is 65.1 Å². The third-order valence-corrected chi connectivity index (χ3v) is 5.03. The van der Waals surface area contributed by atoms with Gasteiger partial charge >= 0.3 is 0 Å². The maximum absolute atomic E-state index is 12.7. The number of nitrogens with one attached hydrogen (secondary N) is 1.